The molecule has 0 bridgehead atoms. The zero-order valence-corrected chi connectivity index (χ0v) is 17.2. The molecule has 1 aliphatic rings. The molecule has 162 valence electrons. The summed E-state index contributed by atoms with van der Waals surface area (Å²) in [5.74, 6) is -5.38. The number of nitrogens with one attached hydrogen (secondary N) is 1. The quantitative estimate of drug-likeness (QED) is 0.712. The molecule has 1 saturated heterocycles. The lowest BCUT2D eigenvalue weighted by Gasteiger charge is -2.35. The monoisotopic (exact) mass is 442 g/mol. The average molecular weight is 442 g/mol. The van der Waals surface area contributed by atoms with Gasteiger partial charge in [0.25, 0.3) is 5.91 Å². The number of piperidine rings is 1. The minimum Gasteiger partial charge on any atom is -0.390 e. The molecule has 6 nitrogen and oxygen atoms in total. The number of sulfonamides is 1. The smallest absolute Gasteiger partial charge is 0.255 e. The molecule has 1 amide bonds. The fraction of sp³-hybridized carbons (Fsp3) is 0.350. The van der Waals surface area contributed by atoms with Crippen molar-refractivity contribution in [3.8, 4) is 0 Å². The zero-order chi connectivity index (χ0) is 22.3. The number of hydrogen-bond acceptors (Lipinski definition) is 4. The molecule has 0 atom stereocenters. The first-order valence-electron chi connectivity index (χ1n) is 9.20. The number of amides is 1. The second-order valence-corrected chi connectivity index (χ2v) is 9.50. The standard InChI is InChI=1S/C20H21F3N2O4S/c1-12-3-4-13(19(26)24-14-10-15(21)18(23)16(22)11-14)9-17(12)30(28,29)25-7-5-20(2,27)6-8-25/h3-4,9-11,27H,5-8H2,1-2H3,(H,24,26). The number of anilines is 1. The van der Waals surface area contributed by atoms with Gasteiger partial charge in [0.15, 0.2) is 17.5 Å². The van der Waals surface area contributed by atoms with E-state index in [2.05, 4.69) is 5.32 Å². The Kier molecular flexibility index (Phi) is 5.94. The first-order valence-corrected chi connectivity index (χ1v) is 10.6. The van der Waals surface area contributed by atoms with E-state index in [1.165, 1.54) is 22.5 Å². The van der Waals surface area contributed by atoms with Crippen LogP contribution >= 0.6 is 0 Å². The lowest BCUT2D eigenvalue weighted by atomic mass is 9.95. The number of hydrogen-bond donors (Lipinski definition) is 2. The molecule has 0 aliphatic carbocycles. The number of halogens is 3. The number of benzene rings is 2. The number of carbonyl (C=O) groups is 1. The Morgan fingerprint density at radius 2 is 1.67 bits per heavy atom. The number of carbonyl (C=O) groups excluding carboxylic acids is 1. The second kappa shape index (κ2) is 8.01. The van der Waals surface area contributed by atoms with Gasteiger partial charge in [0.1, 0.15) is 0 Å². The van der Waals surface area contributed by atoms with Crippen molar-refractivity contribution >= 4 is 21.6 Å². The maximum atomic E-state index is 13.4. The predicted octanol–water partition coefficient (Wildman–Crippen LogP) is 3.20. The van der Waals surface area contributed by atoms with Crippen LogP contribution in [0.3, 0.4) is 0 Å². The van der Waals surface area contributed by atoms with Gasteiger partial charge in [0.2, 0.25) is 10.0 Å². The molecule has 1 fully saturated rings. The van der Waals surface area contributed by atoms with Crippen LogP contribution in [0, 0.1) is 24.4 Å². The molecule has 2 N–H and O–H groups in total. The van der Waals surface area contributed by atoms with E-state index in [0.29, 0.717) is 17.7 Å². The van der Waals surface area contributed by atoms with Gasteiger partial charge < -0.3 is 10.4 Å². The van der Waals surface area contributed by atoms with Crippen molar-refractivity contribution in [3.63, 3.8) is 0 Å². The van der Waals surface area contributed by atoms with Gasteiger partial charge >= 0.3 is 0 Å². The molecule has 0 saturated carbocycles. The van der Waals surface area contributed by atoms with Crippen molar-refractivity contribution in [1.82, 2.24) is 4.31 Å². The minimum absolute atomic E-state index is 0.0478. The number of aliphatic hydroxyl groups is 1. The highest BCUT2D eigenvalue weighted by Crippen LogP contribution is 2.28. The Labute approximate surface area is 172 Å². The van der Waals surface area contributed by atoms with Crippen LogP contribution in [-0.4, -0.2) is 42.4 Å². The summed E-state index contributed by atoms with van der Waals surface area (Å²) in [4.78, 5) is 12.4. The van der Waals surface area contributed by atoms with Crippen LogP contribution in [0.2, 0.25) is 0 Å². The summed E-state index contributed by atoms with van der Waals surface area (Å²) in [6.45, 7) is 3.51. The van der Waals surface area contributed by atoms with Crippen molar-refractivity contribution < 1.29 is 31.5 Å². The van der Waals surface area contributed by atoms with E-state index in [1.807, 2.05) is 0 Å². The third-order valence-electron chi connectivity index (χ3n) is 5.11. The van der Waals surface area contributed by atoms with E-state index in [4.69, 9.17) is 0 Å². The van der Waals surface area contributed by atoms with Crippen LogP contribution in [0.15, 0.2) is 35.2 Å². The first-order chi connectivity index (χ1) is 13.9. The summed E-state index contributed by atoms with van der Waals surface area (Å²) >= 11 is 0. The van der Waals surface area contributed by atoms with E-state index in [1.54, 1.807) is 13.8 Å². The van der Waals surface area contributed by atoms with Crippen molar-refractivity contribution in [2.24, 2.45) is 0 Å². The van der Waals surface area contributed by atoms with Gasteiger partial charge in [-0.2, -0.15) is 4.31 Å². The summed E-state index contributed by atoms with van der Waals surface area (Å²) in [6, 6.07) is 5.27. The van der Waals surface area contributed by atoms with Crippen molar-refractivity contribution in [3.05, 3.63) is 58.9 Å². The van der Waals surface area contributed by atoms with Crippen LogP contribution < -0.4 is 5.32 Å². The lowest BCUT2D eigenvalue weighted by molar-refractivity contribution is 0.0126. The van der Waals surface area contributed by atoms with Gasteiger partial charge in [-0.05, 0) is 44.4 Å². The molecule has 0 aromatic heterocycles. The average Bonchev–Trinajstić information content (AvgIpc) is 2.65. The fourth-order valence-electron chi connectivity index (χ4n) is 3.20. The van der Waals surface area contributed by atoms with E-state index in [-0.39, 0.29) is 42.1 Å². The van der Waals surface area contributed by atoms with Gasteiger partial charge in [-0.1, -0.05) is 6.07 Å². The Bertz CT molecular complexity index is 1070. The summed E-state index contributed by atoms with van der Waals surface area (Å²) in [7, 11) is -3.92. The first kappa shape index (κ1) is 22.3. The molecule has 10 heteroatoms. The summed E-state index contributed by atoms with van der Waals surface area (Å²) < 4.78 is 67.1. The lowest BCUT2D eigenvalue weighted by Crippen LogP contribution is -2.45. The van der Waals surface area contributed by atoms with Crippen molar-refractivity contribution in [2.75, 3.05) is 18.4 Å². The number of rotatable bonds is 4. The molecular formula is C20H21F3N2O4S. The molecule has 2 aromatic rings. The van der Waals surface area contributed by atoms with Crippen molar-refractivity contribution in [2.45, 2.75) is 37.2 Å². The normalized spacial score (nSPS) is 17.0. The largest absolute Gasteiger partial charge is 0.390 e. The molecule has 2 aromatic carbocycles. The van der Waals surface area contributed by atoms with Gasteiger partial charge in [-0.25, -0.2) is 21.6 Å². The van der Waals surface area contributed by atoms with Gasteiger partial charge in [-0.3, -0.25) is 4.79 Å². The summed E-state index contributed by atoms with van der Waals surface area (Å²) in [6.07, 6.45) is 0.570. The van der Waals surface area contributed by atoms with E-state index < -0.39 is 39.0 Å². The Morgan fingerprint density at radius 3 is 2.23 bits per heavy atom. The highest BCUT2D eigenvalue weighted by Gasteiger charge is 2.35. The van der Waals surface area contributed by atoms with Gasteiger partial charge in [0.05, 0.1) is 10.5 Å². The van der Waals surface area contributed by atoms with E-state index in [0.717, 1.165) is 0 Å². The molecule has 0 radical (unpaired) electrons. The Balaban J connectivity index is 1.87. The number of nitrogens with zero attached hydrogens (tertiary/aromatic N) is 1. The van der Waals surface area contributed by atoms with E-state index in [9.17, 15) is 31.5 Å². The van der Waals surface area contributed by atoms with Crippen LogP contribution in [0.5, 0.6) is 0 Å². The molecule has 30 heavy (non-hydrogen) atoms. The van der Waals surface area contributed by atoms with Gasteiger partial charge in [0, 0.05) is 36.5 Å². The topological polar surface area (TPSA) is 86.7 Å². The van der Waals surface area contributed by atoms with Crippen molar-refractivity contribution in [1.29, 1.82) is 0 Å². The molecular weight excluding hydrogens is 421 g/mol. The highest BCUT2D eigenvalue weighted by atomic mass is 32.2. The predicted molar refractivity (Wildman–Crippen MR) is 104 cm³/mol. The molecule has 1 aliphatic heterocycles. The van der Waals surface area contributed by atoms with Gasteiger partial charge in [-0.15, -0.1) is 0 Å². The third kappa shape index (κ3) is 4.50. The van der Waals surface area contributed by atoms with Crippen LogP contribution in [0.25, 0.3) is 0 Å². The minimum atomic E-state index is -3.92. The molecule has 0 spiro atoms. The maximum Gasteiger partial charge on any atom is 0.255 e. The number of aryl methyl sites for hydroxylation is 1. The summed E-state index contributed by atoms with van der Waals surface area (Å²) in [5, 5.41) is 12.3. The third-order valence-corrected chi connectivity index (χ3v) is 7.15. The second-order valence-electron chi connectivity index (χ2n) is 7.59. The Hall–Kier alpha value is -2.43. The molecule has 3 rings (SSSR count). The molecule has 0 unspecified atom stereocenters. The summed E-state index contributed by atoms with van der Waals surface area (Å²) in [5.41, 5.74) is -0.863. The highest BCUT2D eigenvalue weighted by molar-refractivity contribution is 7.89. The Morgan fingerprint density at radius 1 is 1.10 bits per heavy atom. The van der Waals surface area contributed by atoms with Crippen LogP contribution in [0.4, 0.5) is 18.9 Å². The zero-order valence-electron chi connectivity index (χ0n) is 16.4. The maximum absolute atomic E-state index is 13.4. The fourth-order valence-corrected chi connectivity index (χ4v) is 4.89. The van der Waals surface area contributed by atoms with Crippen LogP contribution in [0.1, 0.15) is 35.7 Å². The SMILES string of the molecule is Cc1ccc(C(=O)Nc2cc(F)c(F)c(F)c2)cc1S(=O)(=O)N1CCC(C)(O)CC1. The molecule has 1 heterocycles. The van der Waals surface area contributed by atoms with E-state index >= 15 is 0 Å². The van der Waals surface area contributed by atoms with Crippen LogP contribution in [-0.2, 0) is 10.0 Å².